The minimum atomic E-state index is -3.81. The Labute approximate surface area is 159 Å². The first-order valence-corrected chi connectivity index (χ1v) is 10.5. The fourth-order valence-corrected chi connectivity index (χ4v) is 4.41. The van der Waals surface area contributed by atoms with Crippen LogP contribution in [0.2, 0.25) is 0 Å². The number of benzene rings is 2. The van der Waals surface area contributed by atoms with Crippen molar-refractivity contribution in [2.75, 3.05) is 11.8 Å². The van der Waals surface area contributed by atoms with Crippen molar-refractivity contribution in [2.45, 2.75) is 43.0 Å². The molecule has 1 saturated carbocycles. The first-order valence-electron chi connectivity index (χ1n) is 9.02. The number of carbonyl (C=O) groups is 1. The van der Waals surface area contributed by atoms with E-state index in [1.165, 1.54) is 18.6 Å². The number of carbonyl (C=O) groups excluding carboxylic acids is 1. The fraction of sp³-hybridized carbons (Fsp3) is 0.350. The maximum absolute atomic E-state index is 13.0. The number of anilines is 1. The molecule has 1 aliphatic carbocycles. The van der Waals surface area contributed by atoms with Crippen molar-refractivity contribution in [3.8, 4) is 0 Å². The molecule has 0 heterocycles. The SMILES string of the molecule is CN(C(=O)c1ccc(NS(=O)(=O)c2ccc(F)cc2)cc1)C1CCCCC1. The molecule has 1 aliphatic rings. The molecule has 0 aliphatic heterocycles. The standard InChI is InChI=1S/C20H23FN2O3S/c1-23(18-5-3-2-4-6-18)20(24)15-7-11-17(12-8-15)22-27(25,26)19-13-9-16(21)10-14-19/h7-14,18,22H,2-6H2,1H3. The molecule has 5 nitrogen and oxygen atoms in total. The summed E-state index contributed by atoms with van der Waals surface area (Å²) in [5.74, 6) is -0.561. The Kier molecular flexibility index (Phi) is 5.79. The zero-order valence-corrected chi connectivity index (χ0v) is 16.0. The highest BCUT2D eigenvalue weighted by atomic mass is 32.2. The van der Waals surface area contributed by atoms with E-state index in [0.29, 0.717) is 11.3 Å². The second-order valence-electron chi connectivity index (χ2n) is 6.84. The number of rotatable bonds is 5. The van der Waals surface area contributed by atoms with E-state index in [2.05, 4.69) is 4.72 Å². The molecule has 3 rings (SSSR count). The van der Waals surface area contributed by atoms with Crippen molar-refractivity contribution in [2.24, 2.45) is 0 Å². The molecule has 2 aromatic carbocycles. The van der Waals surface area contributed by atoms with E-state index in [1.807, 2.05) is 7.05 Å². The van der Waals surface area contributed by atoms with E-state index in [9.17, 15) is 17.6 Å². The molecule has 0 radical (unpaired) electrons. The van der Waals surface area contributed by atoms with Crippen LogP contribution in [0.1, 0.15) is 42.5 Å². The second-order valence-corrected chi connectivity index (χ2v) is 8.53. The van der Waals surface area contributed by atoms with Gasteiger partial charge in [-0.15, -0.1) is 0 Å². The van der Waals surface area contributed by atoms with Gasteiger partial charge in [0.25, 0.3) is 15.9 Å². The molecule has 144 valence electrons. The van der Waals surface area contributed by atoms with Gasteiger partial charge in [0.05, 0.1) is 4.90 Å². The molecule has 27 heavy (non-hydrogen) atoms. The van der Waals surface area contributed by atoms with Gasteiger partial charge in [-0.2, -0.15) is 0 Å². The van der Waals surface area contributed by atoms with Crippen molar-refractivity contribution in [3.05, 3.63) is 59.9 Å². The second kappa shape index (κ2) is 8.08. The highest BCUT2D eigenvalue weighted by Gasteiger charge is 2.23. The number of hydrogen-bond acceptors (Lipinski definition) is 3. The third-order valence-electron chi connectivity index (χ3n) is 4.95. The molecule has 1 amide bonds. The topological polar surface area (TPSA) is 66.5 Å². The summed E-state index contributed by atoms with van der Waals surface area (Å²) in [6, 6.07) is 11.2. The first-order chi connectivity index (χ1) is 12.9. The smallest absolute Gasteiger partial charge is 0.261 e. The number of hydrogen-bond donors (Lipinski definition) is 1. The average molecular weight is 390 g/mol. The van der Waals surface area contributed by atoms with Gasteiger partial charge in [0.1, 0.15) is 5.82 Å². The molecule has 0 atom stereocenters. The quantitative estimate of drug-likeness (QED) is 0.838. The lowest BCUT2D eigenvalue weighted by atomic mass is 9.94. The summed E-state index contributed by atoms with van der Waals surface area (Å²) in [5, 5.41) is 0. The van der Waals surface area contributed by atoms with Crippen molar-refractivity contribution in [1.82, 2.24) is 4.90 Å². The minimum Gasteiger partial charge on any atom is -0.339 e. The number of nitrogens with zero attached hydrogens (tertiary/aromatic N) is 1. The van der Waals surface area contributed by atoms with E-state index in [1.54, 1.807) is 29.2 Å². The summed E-state index contributed by atoms with van der Waals surface area (Å²) >= 11 is 0. The van der Waals surface area contributed by atoms with Gasteiger partial charge in [-0.1, -0.05) is 19.3 Å². The Bertz CT molecular complexity index is 890. The van der Waals surface area contributed by atoms with Gasteiger partial charge >= 0.3 is 0 Å². The molecule has 0 unspecified atom stereocenters. The molecule has 0 saturated heterocycles. The summed E-state index contributed by atoms with van der Waals surface area (Å²) in [6.45, 7) is 0. The van der Waals surface area contributed by atoms with Crippen molar-refractivity contribution >= 4 is 21.6 Å². The van der Waals surface area contributed by atoms with E-state index >= 15 is 0 Å². The third kappa shape index (κ3) is 4.66. The van der Waals surface area contributed by atoms with Crippen LogP contribution in [-0.2, 0) is 10.0 Å². The van der Waals surface area contributed by atoms with Crippen LogP contribution in [0.4, 0.5) is 10.1 Å². The lowest BCUT2D eigenvalue weighted by Gasteiger charge is -2.31. The number of sulfonamides is 1. The van der Waals surface area contributed by atoms with Crippen LogP contribution in [0.5, 0.6) is 0 Å². The summed E-state index contributed by atoms with van der Waals surface area (Å²) in [4.78, 5) is 14.4. The zero-order valence-electron chi connectivity index (χ0n) is 15.2. The maximum Gasteiger partial charge on any atom is 0.261 e. The molecule has 1 fully saturated rings. The van der Waals surface area contributed by atoms with Crippen molar-refractivity contribution < 1.29 is 17.6 Å². The van der Waals surface area contributed by atoms with Crippen LogP contribution >= 0.6 is 0 Å². The molecule has 0 spiro atoms. The van der Waals surface area contributed by atoms with Crippen LogP contribution in [0.25, 0.3) is 0 Å². The van der Waals surface area contributed by atoms with Gasteiger partial charge in [-0.25, -0.2) is 12.8 Å². The van der Waals surface area contributed by atoms with Crippen LogP contribution in [0.15, 0.2) is 53.4 Å². The molecule has 0 aromatic heterocycles. The summed E-state index contributed by atoms with van der Waals surface area (Å²) in [6.07, 6.45) is 5.57. The van der Waals surface area contributed by atoms with E-state index in [4.69, 9.17) is 0 Å². The minimum absolute atomic E-state index is 0.0268. The van der Waals surface area contributed by atoms with Crippen molar-refractivity contribution in [3.63, 3.8) is 0 Å². The molecule has 7 heteroatoms. The predicted molar refractivity (Wildman–Crippen MR) is 103 cm³/mol. The van der Waals surface area contributed by atoms with E-state index in [0.717, 1.165) is 37.8 Å². The molecular formula is C20H23FN2O3S. The largest absolute Gasteiger partial charge is 0.339 e. The lowest BCUT2D eigenvalue weighted by molar-refractivity contribution is 0.0696. The van der Waals surface area contributed by atoms with Gasteiger partial charge < -0.3 is 4.90 Å². The average Bonchev–Trinajstić information content (AvgIpc) is 2.68. The Morgan fingerprint density at radius 2 is 1.59 bits per heavy atom. The number of halogens is 1. The van der Waals surface area contributed by atoms with Crippen LogP contribution < -0.4 is 4.72 Å². The maximum atomic E-state index is 13.0. The van der Waals surface area contributed by atoms with E-state index < -0.39 is 15.8 Å². The Morgan fingerprint density at radius 1 is 1.00 bits per heavy atom. The van der Waals surface area contributed by atoms with Gasteiger partial charge in [0.15, 0.2) is 0 Å². The van der Waals surface area contributed by atoms with Crippen LogP contribution in [-0.4, -0.2) is 32.3 Å². The summed E-state index contributed by atoms with van der Waals surface area (Å²) in [5.41, 5.74) is 0.865. The number of amides is 1. The number of nitrogens with one attached hydrogen (secondary N) is 1. The Balaban J connectivity index is 1.69. The molecule has 0 bridgehead atoms. The molecule has 1 N–H and O–H groups in total. The molecule has 2 aromatic rings. The van der Waals surface area contributed by atoms with Gasteiger partial charge in [0.2, 0.25) is 0 Å². The van der Waals surface area contributed by atoms with Crippen molar-refractivity contribution in [1.29, 1.82) is 0 Å². The highest BCUT2D eigenvalue weighted by molar-refractivity contribution is 7.92. The summed E-state index contributed by atoms with van der Waals surface area (Å²) < 4.78 is 40.1. The first kappa shape index (κ1) is 19.4. The normalized spacial score (nSPS) is 15.3. The highest BCUT2D eigenvalue weighted by Crippen LogP contribution is 2.23. The Hall–Kier alpha value is -2.41. The lowest BCUT2D eigenvalue weighted by Crippen LogP contribution is -2.38. The van der Waals surface area contributed by atoms with Crippen LogP contribution in [0, 0.1) is 5.82 Å². The predicted octanol–water partition coefficient (Wildman–Crippen LogP) is 4.03. The fourth-order valence-electron chi connectivity index (χ4n) is 3.35. The van der Waals surface area contributed by atoms with Gasteiger partial charge in [-0.05, 0) is 61.4 Å². The molecular weight excluding hydrogens is 367 g/mol. The third-order valence-corrected chi connectivity index (χ3v) is 6.35. The van der Waals surface area contributed by atoms with Gasteiger partial charge in [-0.3, -0.25) is 9.52 Å². The zero-order chi connectivity index (χ0) is 19.4. The Morgan fingerprint density at radius 3 is 2.19 bits per heavy atom. The summed E-state index contributed by atoms with van der Waals surface area (Å²) in [7, 11) is -1.99. The van der Waals surface area contributed by atoms with Gasteiger partial charge in [0, 0.05) is 24.3 Å². The monoisotopic (exact) mass is 390 g/mol. The van der Waals surface area contributed by atoms with E-state index in [-0.39, 0.29) is 16.8 Å². The van der Waals surface area contributed by atoms with Crippen LogP contribution in [0.3, 0.4) is 0 Å².